The second-order valence-electron chi connectivity index (χ2n) is 7.56. The molecular weight excluding hydrogens is 386 g/mol. The Kier molecular flexibility index (Phi) is 6.15. The number of nitrogens with one attached hydrogen (secondary N) is 1. The summed E-state index contributed by atoms with van der Waals surface area (Å²) in [5, 5.41) is 5.52. The Morgan fingerprint density at radius 2 is 1.57 bits per heavy atom. The van der Waals surface area contributed by atoms with Crippen LogP contribution in [0, 0.1) is 0 Å². The zero-order valence-corrected chi connectivity index (χ0v) is 18.3. The molecule has 3 aromatic carbocycles. The predicted molar refractivity (Wildman–Crippen MR) is 131 cm³/mol. The summed E-state index contributed by atoms with van der Waals surface area (Å²) < 4.78 is 2.19. The van der Waals surface area contributed by atoms with Crippen molar-refractivity contribution in [2.45, 2.75) is 26.4 Å². The molecule has 0 aliphatic heterocycles. The predicted octanol–water partition coefficient (Wildman–Crippen LogP) is 6.14. The number of fused-ring (bicyclic) bond motifs is 1. The number of aryl methyl sites for hydroxylation is 2. The van der Waals surface area contributed by atoms with Crippen LogP contribution in [-0.4, -0.2) is 14.6 Å². The zero-order valence-electron chi connectivity index (χ0n) is 17.5. The van der Waals surface area contributed by atoms with Crippen molar-refractivity contribution in [2.75, 3.05) is 5.32 Å². The van der Waals surface area contributed by atoms with Crippen molar-refractivity contribution in [2.24, 2.45) is 7.05 Å². The topological polar surface area (TPSA) is 20.2 Å². The second-order valence-corrected chi connectivity index (χ2v) is 7.95. The highest BCUT2D eigenvalue weighted by atomic mass is 32.1. The van der Waals surface area contributed by atoms with E-state index in [0.717, 1.165) is 30.3 Å². The molecule has 0 saturated carbocycles. The quantitative estimate of drug-likeness (QED) is 0.383. The van der Waals surface area contributed by atoms with E-state index in [1.807, 2.05) is 6.07 Å². The Morgan fingerprint density at radius 3 is 2.37 bits per heavy atom. The number of anilines is 1. The van der Waals surface area contributed by atoms with Gasteiger partial charge in [-0.25, -0.2) is 0 Å². The Morgan fingerprint density at radius 1 is 0.867 bits per heavy atom. The minimum Gasteiger partial charge on any atom is -0.350 e. The van der Waals surface area contributed by atoms with Gasteiger partial charge in [-0.3, -0.25) is 0 Å². The van der Waals surface area contributed by atoms with Gasteiger partial charge in [0.1, 0.15) is 0 Å². The van der Waals surface area contributed by atoms with Gasteiger partial charge in [-0.2, -0.15) is 0 Å². The molecule has 0 atom stereocenters. The van der Waals surface area contributed by atoms with E-state index in [2.05, 4.69) is 108 Å². The van der Waals surface area contributed by atoms with Crippen molar-refractivity contribution in [3.8, 4) is 0 Å². The molecule has 4 aromatic rings. The number of para-hydroxylation sites is 2. The fourth-order valence-electron chi connectivity index (χ4n) is 3.91. The van der Waals surface area contributed by atoms with Crippen molar-refractivity contribution in [1.29, 1.82) is 0 Å². The van der Waals surface area contributed by atoms with Crippen molar-refractivity contribution < 1.29 is 0 Å². The Bertz CT molecular complexity index is 1150. The van der Waals surface area contributed by atoms with E-state index in [-0.39, 0.29) is 0 Å². The van der Waals surface area contributed by atoms with Crippen LogP contribution in [0.25, 0.3) is 10.9 Å². The van der Waals surface area contributed by atoms with E-state index in [1.165, 1.54) is 27.6 Å². The molecule has 0 saturated heterocycles. The van der Waals surface area contributed by atoms with Gasteiger partial charge < -0.3 is 14.8 Å². The minimum atomic E-state index is 0.743. The SMILES string of the molecule is CCc1ccccc1NC(=S)N(Cc1ccccc1)Cc1cn(C)c2ccccc12. The van der Waals surface area contributed by atoms with Crippen LogP contribution in [-0.2, 0) is 26.6 Å². The van der Waals surface area contributed by atoms with E-state index in [9.17, 15) is 0 Å². The molecule has 1 heterocycles. The fraction of sp³-hybridized carbons (Fsp3) is 0.192. The molecule has 0 unspecified atom stereocenters. The molecule has 4 heteroatoms. The van der Waals surface area contributed by atoms with Gasteiger partial charge >= 0.3 is 0 Å². The standard InChI is InChI=1S/C26H27N3S/c1-3-21-13-7-9-15-24(21)27-26(30)29(17-20-11-5-4-6-12-20)19-22-18-28(2)25-16-10-8-14-23(22)25/h4-16,18H,3,17,19H2,1-2H3,(H,27,30). The molecule has 1 N–H and O–H groups in total. The molecule has 4 rings (SSSR count). The number of thiocarbonyl (C=S) groups is 1. The molecular formula is C26H27N3S. The molecule has 3 nitrogen and oxygen atoms in total. The fourth-order valence-corrected chi connectivity index (χ4v) is 4.14. The molecule has 0 fully saturated rings. The number of rotatable bonds is 6. The third kappa shape index (κ3) is 4.39. The van der Waals surface area contributed by atoms with Gasteiger partial charge in [-0.1, -0.05) is 73.7 Å². The third-order valence-corrected chi connectivity index (χ3v) is 5.84. The Labute approximate surface area is 184 Å². The van der Waals surface area contributed by atoms with Gasteiger partial charge in [0.15, 0.2) is 5.11 Å². The summed E-state index contributed by atoms with van der Waals surface area (Å²) >= 11 is 5.90. The summed E-state index contributed by atoms with van der Waals surface area (Å²) in [6.45, 7) is 3.67. The number of hydrogen-bond donors (Lipinski definition) is 1. The number of benzene rings is 3. The summed E-state index contributed by atoms with van der Waals surface area (Å²) in [7, 11) is 2.10. The lowest BCUT2D eigenvalue weighted by Crippen LogP contribution is -2.34. The highest BCUT2D eigenvalue weighted by Crippen LogP contribution is 2.24. The molecule has 0 bridgehead atoms. The van der Waals surface area contributed by atoms with Gasteiger partial charge in [0.05, 0.1) is 0 Å². The van der Waals surface area contributed by atoms with E-state index in [0.29, 0.717) is 0 Å². The summed E-state index contributed by atoms with van der Waals surface area (Å²) in [5.41, 5.74) is 6.11. The third-order valence-electron chi connectivity index (χ3n) is 5.48. The summed E-state index contributed by atoms with van der Waals surface area (Å²) in [5.74, 6) is 0. The van der Waals surface area contributed by atoms with E-state index in [1.54, 1.807) is 0 Å². The van der Waals surface area contributed by atoms with Gasteiger partial charge in [-0.05, 0) is 47.5 Å². The zero-order chi connectivity index (χ0) is 20.9. The average molecular weight is 414 g/mol. The smallest absolute Gasteiger partial charge is 0.174 e. The van der Waals surface area contributed by atoms with Crippen LogP contribution in [0.1, 0.15) is 23.6 Å². The second kappa shape index (κ2) is 9.14. The molecule has 152 valence electrons. The molecule has 30 heavy (non-hydrogen) atoms. The van der Waals surface area contributed by atoms with Gasteiger partial charge in [0, 0.05) is 42.9 Å². The first-order valence-corrected chi connectivity index (χ1v) is 10.8. The highest BCUT2D eigenvalue weighted by molar-refractivity contribution is 7.80. The largest absolute Gasteiger partial charge is 0.350 e. The summed E-state index contributed by atoms with van der Waals surface area (Å²) in [4.78, 5) is 2.25. The lowest BCUT2D eigenvalue weighted by atomic mass is 10.1. The van der Waals surface area contributed by atoms with Crippen LogP contribution in [0.2, 0.25) is 0 Å². The van der Waals surface area contributed by atoms with E-state index in [4.69, 9.17) is 12.2 Å². The van der Waals surface area contributed by atoms with E-state index >= 15 is 0 Å². The number of hydrogen-bond acceptors (Lipinski definition) is 1. The van der Waals surface area contributed by atoms with Gasteiger partial charge in [0.25, 0.3) is 0 Å². The minimum absolute atomic E-state index is 0.743. The molecule has 0 aliphatic rings. The molecule has 1 aromatic heterocycles. The van der Waals surface area contributed by atoms with Gasteiger partial charge in [0.2, 0.25) is 0 Å². The number of nitrogens with zero attached hydrogens (tertiary/aromatic N) is 2. The summed E-state index contributed by atoms with van der Waals surface area (Å²) in [6.07, 6.45) is 3.18. The Hall–Kier alpha value is -3.11. The first-order valence-electron chi connectivity index (χ1n) is 10.4. The average Bonchev–Trinajstić information content (AvgIpc) is 3.10. The van der Waals surface area contributed by atoms with Crippen LogP contribution in [0.3, 0.4) is 0 Å². The first kappa shape index (κ1) is 20.2. The van der Waals surface area contributed by atoms with E-state index < -0.39 is 0 Å². The van der Waals surface area contributed by atoms with Crippen LogP contribution in [0.15, 0.2) is 85.1 Å². The van der Waals surface area contributed by atoms with Crippen molar-refractivity contribution in [3.05, 3.63) is 102 Å². The van der Waals surface area contributed by atoms with Crippen LogP contribution in [0.4, 0.5) is 5.69 Å². The highest BCUT2D eigenvalue weighted by Gasteiger charge is 2.16. The molecule has 0 radical (unpaired) electrons. The maximum Gasteiger partial charge on any atom is 0.174 e. The van der Waals surface area contributed by atoms with Crippen LogP contribution < -0.4 is 5.32 Å². The van der Waals surface area contributed by atoms with Crippen molar-refractivity contribution >= 4 is 33.9 Å². The van der Waals surface area contributed by atoms with Gasteiger partial charge in [-0.15, -0.1) is 0 Å². The number of aromatic nitrogens is 1. The lowest BCUT2D eigenvalue weighted by molar-refractivity contribution is 0.414. The van der Waals surface area contributed by atoms with Crippen molar-refractivity contribution in [3.63, 3.8) is 0 Å². The monoisotopic (exact) mass is 413 g/mol. The first-order chi connectivity index (χ1) is 14.7. The lowest BCUT2D eigenvalue weighted by Gasteiger charge is -2.26. The van der Waals surface area contributed by atoms with Crippen LogP contribution >= 0.6 is 12.2 Å². The maximum atomic E-state index is 5.90. The summed E-state index contributed by atoms with van der Waals surface area (Å²) in [6, 6.07) is 27.4. The van der Waals surface area contributed by atoms with Crippen LogP contribution in [0.5, 0.6) is 0 Å². The normalized spacial score (nSPS) is 10.9. The molecule has 0 spiro atoms. The Balaban J connectivity index is 1.64. The molecule has 0 amide bonds. The van der Waals surface area contributed by atoms with Crippen molar-refractivity contribution in [1.82, 2.24) is 9.47 Å². The maximum absolute atomic E-state index is 5.90. The molecule has 0 aliphatic carbocycles.